The Morgan fingerprint density at radius 2 is 1.87 bits per heavy atom. The Hall–Kier alpha value is -2.21. The van der Waals surface area contributed by atoms with Crippen LogP contribution in [0.5, 0.6) is 0 Å². The number of amides is 2. The number of hydrogen-bond donors (Lipinski definition) is 0. The van der Waals surface area contributed by atoms with Crippen molar-refractivity contribution in [3.05, 3.63) is 40.4 Å². The highest BCUT2D eigenvalue weighted by atomic mass is 32.1. The fraction of sp³-hybridized carbons (Fsp3) is 0.353. The van der Waals surface area contributed by atoms with Gasteiger partial charge >= 0.3 is 0 Å². The Morgan fingerprint density at radius 1 is 1.17 bits per heavy atom. The maximum Gasteiger partial charge on any atom is 0.273 e. The molecule has 23 heavy (non-hydrogen) atoms. The van der Waals surface area contributed by atoms with Gasteiger partial charge in [-0.1, -0.05) is 23.8 Å². The van der Waals surface area contributed by atoms with Crippen LogP contribution < -0.4 is 0 Å². The molecule has 0 aliphatic carbocycles. The van der Waals surface area contributed by atoms with Crippen LogP contribution in [0.3, 0.4) is 0 Å². The molecule has 122 valence electrons. The summed E-state index contributed by atoms with van der Waals surface area (Å²) in [7, 11) is 4.95. The first kappa shape index (κ1) is 17.1. The molecule has 0 N–H and O–H groups in total. The molecule has 0 saturated carbocycles. The van der Waals surface area contributed by atoms with E-state index in [4.69, 9.17) is 0 Å². The van der Waals surface area contributed by atoms with E-state index in [0.29, 0.717) is 5.69 Å². The summed E-state index contributed by atoms with van der Waals surface area (Å²) < 4.78 is 0. The number of benzene rings is 1. The quantitative estimate of drug-likeness (QED) is 0.865. The zero-order valence-corrected chi connectivity index (χ0v) is 14.9. The van der Waals surface area contributed by atoms with E-state index in [0.717, 1.165) is 16.1 Å². The molecule has 0 saturated heterocycles. The smallest absolute Gasteiger partial charge is 0.273 e. The highest BCUT2D eigenvalue weighted by Gasteiger charge is 2.19. The first-order valence-electron chi connectivity index (χ1n) is 7.28. The van der Waals surface area contributed by atoms with Crippen molar-refractivity contribution in [2.75, 3.05) is 27.7 Å². The van der Waals surface area contributed by atoms with E-state index >= 15 is 0 Å². The Bertz CT molecular complexity index is 737. The number of likely N-dealkylation sites (N-methyl/N-ethyl adjacent to an activating group) is 2. The van der Waals surface area contributed by atoms with Crippen LogP contribution in [0.15, 0.2) is 23.6 Å². The number of carbonyl (C=O) groups is 2. The molecule has 1 aromatic heterocycles. The number of rotatable bonds is 4. The molecule has 1 heterocycles. The molecule has 0 atom stereocenters. The summed E-state index contributed by atoms with van der Waals surface area (Å²) in [6.07, 6.45) is 0. The van der Waals surface area contributed by atoms with E-state index in [-0.39, 0.29) is 18.4 Å². The maximum atomic E-state index is 12.4. The van der Waals surface area contributed by atoms with Gasteiger partial charge in [0.05, 0.1) is 6.54 Å². The summed E-state index contributed by atoms with van der Waals surface area (Å²) in [5.41, 5.74) is 3.74. The van der Waals surface area contributed by atoms with Gasteiger partial charge in [-0.3, -0.25) is 9.59 Å². The molecule has 0 aliphatic heterocycles. The lowest BCUT2D eigenvalue weighted by molar-refractivity contribution is -0.129. The number of nitrogens with zero attached hydrogens (tertiary/aromatic N) is 3. The van der Waals surface area contributed by atoms with Crippen molar-refractivity contribution in [2.45, 2.75) is 13.8 Å². The molecule has 0 spiro atoms. The molecule has 6 heteroatoms. The summed E-state index contributed by atoms with van der Waals surface area (Å²) in [5, 5.41) is 2.56. The Labute approximate surface area is 140 Å². The van der Waals surface area contributed by atoms with Crippen molar-refractivity contribution in [2.24, 2.45) is 0 Å². The number of carbonyl (C=O) groups excluding carboxylic acids is 2. The van der Waals surface area contributed by atoms with Gasteiger partial charge in [-0.25, -0.2) is 4.98 Å². The highest BCUT2D eigenvalue weighted by Crippen LogP contribution is 2.27. The Balaban J connectivity index is 2.18. The lowest BCUT2D eigenvalue weighted by atomic mass is 10.1. The Morgan fingerprint density at radius 3 is 2.48 bits per heavy atom. The van der Waals surface area contributed by atoms with Crippen LogP contribution in [-0.4, -0.2) is 54.3 Å². The van der Waals surface area contributed by atoms with Crippen LogP contribution in [0, 0.1) is 13.8 Å². The highest BCUT2D eigenvalue weighted by molar-refractivity contribution is 7.13. The fourth-order valence-electron chi connectivity index (χ4n) is 2.16. The number of hydrogen-bond acceptors (Lipinski definition) is 4. The van der Waals surface area contributed by atoms with Gasteiger partial charge < -0.3 is 9.80 Å². The van der Waals surface area contributed by atoms with Crippen LogP contribution in [0.4, 0.5) is 0 Å². The molecule has 1 aromatic carbocycles. The minimum Gasteiger partial charge on any atom is -0.347 e. The van der Waals surface area contributed by atoms with Crippen LogP contribution >= 0.6 is 11.3 Å². The predicted octanol–water partition coefficient (Wildman–Crippen LogP) is 2.59. The van der Waals surface area contributed by atoms with E-state index in [9.17, 15) is 9.59 Å². The zero-order chi connectivity index (χ0) is 17.1. The van der Waals surface area contributed by atoms with Crippen LogP contribution in [0.25, 0.3) is 10.6 Å². The third-order valence-corrected chi connectivity index (χ3v) is 4.43. The van der Waals surface area contributed by atoms with Crippen molar-refractivity contribution in [3.63, 3.8) is 0 Å². The minimum atomic E-state index is -0.243. The first-order valence-corrected chi connectivity index (χ1v) is 8.16. The molecule has 0 fully saturated rings. The van der Waals surface area contributed by atoms with Gasteiger partial charge in [0.1, 0.15) is 10.7 Å². The normalized spacial score (nSPS) is 10.5. The number of aromatic nitrogens is 1. The van der Waals surface area contributed by atoms with Gasteiger partial charge in [0.15, 0.2) is 0 Å². The second-order valence-electron chi connectivity index (χ2n) is 5.81. The lowest BCUT2D eigenvalue weighted by Crippen LogP contribution is -2.37. The predicted molar refractivity (Wildman–Crippen MR) is 92.7 cm³/mol. The molecule has 0 aliphatic rings. The molecule has 2 aromatic rings. The van der Waals surface area contributed by atoms with Crippen molar-refractivity contribution in [3.8, 4) is 10.6 Å². The van der Waals surface area contributed by atoms with Crippen molar-refractivity contribution >= 4 is 23.2 Å². The summed E-state index contributed by atoms with van der Waals surface area (Å²) in [5.74, 6) is -0.363. The monoisotopic (exact) mass is 331 g/mol. The largest absolute Gasteiger partial charge is 0.347 e. The summed E-state index contributed by atoms with van der Waals surface area (Å²) in [6.45, 7) is 4.12. The third-order valence-electron chi connectivity index (χ3n) is 3.55. The number of aryl methyl sites for hydroxylation is 2. The summed E-state index contributed by atoms with van der Waals surface area (Å²) in [6, 6.07) is 6.16. The summed E-state index contributed by atoms with van der Waals surface area (Å²) in [4.78, 5) is 31.4. The molecule has 0 radical (unpaired) electrons. The molecular formula is C17H21N3O2S. The van der Waals surface area contributed by atoms with Crippen molar-refractivity contribution in [1.82, 2.24) is 14.8 Å². The van der Waals surface area contributed by atoms with Crippen LogP contribution in [0.2, 0.25) is 0 Å². The second kappa shape index (κ2) is 6.91. The average Bonchev–Trinajstić information content (AvgIpc) is 2.95. The van der Waals surface area contributed by atoms with Gasteiger partial charge in [-0.2, -0.15) is 0 Å². The van der Waals surface area contributed by atoms with E-state index in [1.165, 1.54) is 26.7 Å². The van der Waals surface area contributed by atoms with E-state index in [1.54, 1.807) is 26.5 Å². The van der Waals surface area contributed by atoms with Gasteiger partial charge in [0.25, 0.3) is 5.91 Å². The minimum absolute atomic E-state index is 0.0439. The Kier molecular flexibility index (Phi) is 5.15. The second-order valence-corrected chi connectivity index (χ2v) is 6.66. The molecule has 0 unspecified atom stereocenters. The van der Waals surface area contributed by atoms with Gasteiger partial charge in [-0.05, 0) is 19.4 Å². The SMILES string of the molecule is Cc1ccc(-c2nc(C(=O)N(C)CC(=O)N(C)C)cs2)c(C)c1. The zero-order valence-electron chi connectivity index (χ0n) is 14.1. The maximum absolute atomic E-state index is 12.4. The van der Waals surface area contributed by atoms with E-state index in [1.807, 2.05) is 26.0 Å². The lowest BCUT2D eigenvalue weighted by Gasteiger charge is -2.18. The molecular weight excluding hydrogens is 310 g/mol. The van der Waals surface area contributed by atoms with Crippen LogP contribution in [0.1, 0.15) is 21.6 Å². The van der Waals surface area contributed by atoms with Crippen molar-refractivity contribution in [1.29, 1.82) is 0 Å². The molecule has 2 amide bonds. The molecule has 5 nitrogen and oxygen atoms in total. The molecule has 2 rings (SSSR count). The summed E-state index contributed by atoms with van der Waals surface area (Å²) >= 11 is 1.44. The third kappa shape index (κ3) is 3.96. The topological polar surface area (TPSA) is 53.5 Å². The van der Waals surface area contributed by atoms with Gasteiger partial charge in [0.2, 0.25) is 5.91 Å². The average molecular weight is 331 g/mol. The first-order chi connectivity index (χ1) is 10.8. The molecule has 0 bridgehead atoms. The van der Waals surface area contributed by atoms with Gasteiger partial charge in [-0.15, -0.1) is 11.3 Å². The standard InChI is InChI=1S/C17H21N3O2S/c1-11-6-7-13(12(2)8-11)16-18-14(10-23-16)17(22)20(5)9-15(21)19(3)4/h6-8,10H,9H2,1-5H3. The van der Waals surface area contributed by atoms with E-state index in [2.05, 4.69) is 11.1 Å². The van der Waals surface area contributed by atoms with Crippen molar-refractivity contribution < 1.29 is 9.59 Å². The van der Waals surface area contributed by atoms with Gasteiger partial charge in [0, 0.05) is 32.1 Å². The van der Waals surface area contributed by atoms with Crippen LogP contribution in [-0.2, 0) is 4.79 Å². The van der Waals surface area contributed by atoms with E-state index < -0.39 is 0 Å². The number of thiazole rings is 1. The fourth-order valence-corrected chi connectivity index (χ4v) is 3.04.